The van der Waals surface area contributed by atoms with Gasteiger partial charge in [0.1, 0.15) is 0 Å². The van der Waals surface area contributed by atoms with Crippen molar-refractivity contribution >= 4 is 30.2 Å². The Kier molecular flexibility index (Phi) is 11.3. The maximum atomic E-state index is 6.14. The number of rotatable bonds is 13. The van der Waals surface area contributed by atoms with Crippen molar-refractivity contribution in [3.05, 3.63) is 0 Å². The van der Waals surface area contributed by atoms with Crippen molar-refractivity contribution in [2.45, 2.75) is 64.0 Å². The lowest BCUT2D eigenvalue weighted by molar-refractivity contribution is 0.00689. The van der Waals surface area contributed by atoms with Crippen LogP contribution in [0.15, 0.2) is 0 Å². The minimum Gasteiger partial charge on any atom is -0.373 e. The molecule has 2 aliphatic rings. The van der Waals surface area contributed by atoms with Crippen LogP contribution in [0.1, 0.15) is 51.9 Å². The zero-order valence-corrected chi connectivity index (χ0v) is 19.1. The summed E-state index contributed by atoms with van der Waals surface area (Å²) in [7, 11) is -4.94. The summed E-state index contributed by atoms with van der Waals surface area (Å²) < 4.78 is 36.1. The predicted molar refractivity (Wildman–Crippen MR) is 109 cm³/mol. The van der Waals surface area contributed by atoms with Gasteiger partial charge in [0.2, 0.25) is 0 Å². The highest BCUT2D eigenvalue weighted by atomic mass is 32.1. The SMILES string of the molecule is CCCC[Si]1(OCCCO[Si]2(CCCCS)OCCCO2)OCCCO1. The van der Waals surface area contributed by atoms with Crippen LogP contribution in [-0.4, -0.2) is 63.0 Å². The van der Waals surface area contributed by atoms with Gasteiger partial charge in [-0.25, -0.2) is 0 Å². The number of thiol groups is 1. The van der Waals surface area contributed by atoms with E-state index in [4.69, 9.17) is 26.6 Å². The van der Waals surface area contributed by atoms with Crippen LogP contribution in [0.5, 0.6) is 0 Å². The molecular formula is C17H36O6SSi2. The Morgan fingerprint density at radius 2 is 1.23 bits per heavy atom. The third-order valence-electron chi connectivity index (χ3n) is 4.53. The van der Waals surface area contributed by atoms with Crippen molar-refractivity contribution < 1.29 is 26.6 Å². The van der Waals surface area contributed by atoms with Gasteiger partial charge in [0.05, 0.1) is 0 Å². The molecule has 0 unspecified atom stereocenters. The molecule has 0 aromatic carbocycles. The summed E-state index contributed by atoms with van der Waals surface area (Å²) >= 11 is 4.28. The van der Waals surface area contributed by atoms with E-state index in [1.54, 1.807) is 0 Å². The second-order valence-corrected chi connectivity index (χ2v) is 12.7. The third-order valence-corrected chi connectivity index (χ3v) is 10.6. The Bertz CT molecular complexity index is 365. The largest absolute Gasteiger partial charge is 0.500 e. The van der Waals surface area contributed by atoms with Gasteiger partial charge in [-0.05, 0) is 44.3 Å². The van der Waals surface area contributed by atoms with Gasteiger partial charge in [-0.15, -0.1) is 0 Å². The molecule has 0 aliphatic carbocycles. The zero-order valence-electron chi connectivity index (χ0n) is 16.2. The number of hydrogen-bond donors (Lipinski definition) is 1. The topological polar surface area (TPSA) is 55.4 Å². The Morgan fingerprint density at radius 3 is 1.69 bits per heavy atom. The molecule has 2 rings (SSSR count). The molecule has 0 spiro atoms. The van der Waals surface area contributed by atoms with E-state index in [1.165, 1.54) is 0 Å². The van der Waals surface area contributed by atoms with Crippen molar-refractivity contribution in [2.75, 3.05) is 45.4 Å². The van der Waals surface area contributed by atoms with Crippen molar-refractivity contribution in [1.29, 1.82) is 0 Å². The summed E-state index contributed by atoms with van der Waals surface area (Å²) in [5, 5.41) is 0. The van der Waals surface area contributed by atoms with Gasteiger partial charge >= 0.3 is 17.6 Å². The molecule has 0 N–H and O–H groups in total. The first-order chi connectivity index (χ1) is 12.7. The molecule has 0 amide bonds. The molecule has 2 saturated heterocycles. The molecule has 0 aromatic rings. The predicted octanol–water partition coefficient (Wildman–Crippen LogP) is 3.67. The smallest absolute Gasteiger partial charge is 0.373 e. The molecular weight excluding hydrogens is 388 g/mol. The molecule has 0 aromatic heterocycles. The van der Waals surface area contributed by atoms with E-state index >= 15 is 0 Å². The lowest BCUT2D eigenvalue weighted by atomic mass is 10.4. The van der Waals surface area contributed by atoms with Crippen LogP contribution in [0.25, 0.3) is 0 Å². The van der Waals surface area contributed by atoms with Crippen LogP contribution in [0, 0.1) is 0 Å². The average Bonchev–Trinajstić information content (AvgIpc) is 2.68. The van der Waals surface area contributed by atoms with Gasteiger partial charge in [-0.3, -0.25) is 0 Å². The van der Waals surface area contributed by atoms with E-state index in [0.717, 1.165) is 89.2 Å². The second-order valence-electron chi connectivity index (χ2n) is 6.80. The van der Waals surface area contributed by atoms with E-state index in [-0.39, 0.29) is 0 Å². The van der Waals surface area contributed by atoms with Gasteiger partial charge < -0.3 is 26.6 Å². The van der Waals surface area contributed by atoms with E-state index in [0.29, 0.717) is 13.2 Å². The van der Waals surface area contributed by atoms with E-state index in [9.17, 15) is 0 Å². The molecule has 2 heterocycles. The van der Waals surface area contributed by atoms with Crippen molar-refractivity contribution in [3.63, 3.8) is 0 Å². The summed E-state index contributed by atoms with van der Waals surface area (Å²) in [5.41, 5.74) is 0. The minimum absolute atomic E-state index is 0.603. The first-order valence-electron chi connectivity index (χ1n) is 10.2. The lowest BCUT2D eigenvalue weighted by Crippen LogP contribution is -2.50. The summed E-state index contributed by atoms with van der Waals surface area (Å²) in [6.45, 7) is 6.41. The Hall–Kier alpha value is 0.544. The van der Waals surface area contributed by atoms with Crippen LogP contribution >= 0.6 is 12.6 Å². The highest BCUT2D eigenvalue weighted by molar-refractivity contribution is 7.80. The zero-order chi connectivity index (χ0) is 18.6. The Labute approximate surface area is 166 Å². The molecule has 26 heavy (non-hydrogen) atoms. The van der Waals surface area contributed by atoms with Crippen molar-refractivity contribution in [2.24, 2.45) is 0 Å². The number of unbranched alkanes of at least 4 members (excludes halogenated alkanes) is 2. The Morgan fingerprint density at radius 1 is 0.731 bits per heavy atom. The normalized spacial score (nSPS) is 22.4. The fraction of sp³-hybridized carbons (Fsp3) is 1.00. The van der Waals surface area contributed by atoms with Gasteiger partial charge in [-0.2, -0.15) is 12.6 Å². The molecule has 6 nitrogen and oxygen atoms in total. The lowest BCUT2D eigenvalue weighted by Gasteiger charge is -2.34. The maximum Gasteiger partial charge on any atom is 0.500 e. The summed E-state index contributed by atoms with van der Waals surface area (Å²) in [4.78, 5) is 0. The molecule has 0 saturated carbocycles. The fourth-order valence-corrected chi connectivity index (χ4v) is 8.86. The molecule has 9 heteroatoms. The van der Waals surface area contributed by atoms with Crippen molar-refractivity contribution in [1.82, 2.24) is 0 Å². The van der Waals surface area contributed by atoms with Gasteiger partial charge in [-0.1, -0.05) is 13.3 Å². The van der Waals surface area contributed by atoms with Crippen LogP contribution in [0.4, 0.5) is 0 Å². The first-order valence-corrected chi connectivity index (χ1v) is 14.7. The highest BCUT2D eigenvalue weighted by Crippen LogP contribution is 2.25. The molecule has 0 atom stereocenters. The van der Waals surface area contributed by atoms with E-state index in [2.05, 4.69) is 19.6 Å². The molecule has 2 fully saturated rings. The van der Waals surface area contributed by atoms with Crippen LogP contribution in [-0.2, 0) is 26.6 Å². The van der Waals surface area contributed by atoms with Crippen LogP contribution in [0.2, 0.25) is 12.1 Å². The average molecular weight is 425 g/mol. The standard InChI is InChI=1S/C17H36O6SSi2/c1-2-3-16-25(18-9-6-10-19-25)20-11-7-12-21-26(17-5-4-15-24)22-13-8-14-23-26/h24H,2-17H2,1H3. The highest BCUT2D eigenvalue weighted by Gasteiger charge is 2.44. The quantitative estimate of drug-likeness (QED) is 0.277. The summed E-state index contributed by atoms with van der Waals surface area (Å²) in [6, 6.07) is 1.80. The van der Waals surface area contributed by atoms with Crippen LogP contribution in [0.3, 0.4) is 0 Å². The third kappa shape index (κ3) is 7.88. The fourth-order valence-electron chi connectivity index (χ4n) is 3.07. The van der Waals surface area contributed by atoms with Crippen LogP contribution < -0.4 is 0 Å². The Balaban J connectivity index is 1.70. The monoisotopic (exact) mass is 424 g/mol. The van der Waals surface area contributed by atoms with Gasteiger partial charge in [0, 0.05) is 51.7 Å². The van der Waals surface area contributed by atoms with E-state index in [1.807, 2.05) is 0 Å². The maximum absolute atomic E-state index is 6.14. The first kappa shape index (κ1) is 22.8. The summed E-state index contributed by atoms with van der Waals surface area (Å²) in [6.07, 6.45) is 7.05. The van der Waals surface area contributed by atoms with E-state index < -0.39 is 17.6 Å². The summed E-state index contributed by atoms with van der Waals surface area (Å²) in [5.74, 6) is 0.892. The van der Waals surface area contributed by atoms with Gasteiger partial charge in [0.15, 0.2) is 0 Å². The number of hydrogen-bond acceptors (Lipinski definition) is 7. The van der Waals surface area contributed by atoms with Gasteiger partial charge in [0.25, 0.3) is 0 Å². The minimum atomic E-state index is -2.49. The molecule has 0 bridgehead atoms. The molecule has 0 radical (unpaired) electrons. The second kappa shape index (κ2) is 12.9. The molecule has 154 valence electrons. The molecule has 2 aliphatic heterocycles. The van der Waals surface area contributed by atoms with Crippen molar-refractivity contribution in [3.8, 4) is 0 Å².